The molecule has 0 aliphatic heterocycles. The molecule has 0 aliphatic carbocycles. The third kappa shape index (κ3) is 2.86. The maximum absolute atomic E-state index is 10.9. The zero-order chi connectivity index (χ0) is 10.4. The van der Waals surface area contributed by atoms with E-state index >= 15 is 0 Å². The van der Waals surface area contributed by atoms with Crippen molar-refractivity contribution in [1.29, 1.82) is 0 Å². The second kappa shape index (κ2) is 5.21. The number of aliphatic hydroxyl groups is 4. The maximum atomic E-state index is 10.9. The van der Waals surface area contributed by atoms with Gasteiger partial charge < -0.3 is 20.4 Å². The first kappa shape index (κ1) is 9.60. The SMILES string of the molecule is [2H]CCC(=O)C(O)[C@@H](O)[C@H](O)CO. The molecule has 0 radical (unpaired) electrons. The van der Waals surface area contributed by atoms with Crippen LogP contribution in [0.3, 0.4) is 0 Å². The lowest BCUT2D eigenvalue weighted by atomic mass is 10.0. The van der Waals surface area contributed by atoms with Crippen LogP contribution in [0.1, 0.15) is 14.7 Å². The van der Waals surface area contributed by atoms with Gasteiger partial charge in [-0.05, 0) is 0 Å². The Kier molecular flexibility index (Phi) is 4.16. The Morgan fingerprint density at radius 2 is 2.08 bits per heavy atom. The standard InChI is InChI=1S/C7H14O5/c1-2-4(9)6(11)7(12)5(10)3-8/h5-8,10-12H,2-3H2,1H3/t5-,6?,7+/m1/s1/i1D. The molecule has 0 aromatic heterocycles. The largest absolute Gasteiger partial charge is 0.394 e. The van der Waals surface area contributed by atoms with Crippen molar-refractivity contribution >= 4 is 5.78 Å². The van der Waals surface area contributed by atoms with E-state index in [1.54, 1.807) is 0 Å². The van der Waals surface area contributed by atoms with E-state index in [0.29, 0.717) is 0 Å². The second-order valence-corrected chi connectivity index (χ2v) is 2.40. The molecule has 0 saturated carbocycles. The molecular formula is C7H14O5. The summed E-state index contributed by atoms with van der Waals surface area (Å²) in [5.74, 6) is -0.713. The highest BCUT2D eigenvalue weighted by Gasteiger charge is 2.28. The smallest absolute Gasteiger partial charge is 0.163 e. The quantitative estimate of drug-likeness (QED) is 0.393. The van der Waals surface area contributed by atoms with Gasteiger partial charge >= 0.3 is 0 Å². The molecule has 12 heavy (non-hydrogen) atoms. The van der Waals surface area contributed by atoms with Gasteiger partial charge in [0.2, 0.25) is 0 Å². The molecule has 0 aliphatic rings. The van der Waals surface area contributed by atoms with Gasteiger partial charge in [-0.15, -0.1) is 0 Å². The molecule has 5 nitrogen and oxygen atoms in total. The molecule has 72 valence electrons. The van der Waals surface area contributed by atoms with Crippen LogP contribution in [0.25, 0.3) is 0 Å². The number of aliphatic hydroxyl groups excluding tert-OH is 4. The molecule has 0 amide bonds. The van der Waals surface area contributed by atoms with Crippen LogP contribution < -0.4 is 0 Å². The van der Waals surface area contributed by atoms with E-state index < -0.39 is 30.7 Å². The lowest BCUT2D eigenvalue weighted by Gasteiger charge is -2.19. The summed E-state index contributed by atoms with van der Waals surface area (Å²) in [4.78, 5) is 10.9. The first-order valence-electron chi connectivity index (χ1n) is 4.22. The van der Waals surface area contributed by atoms with Crippen molar-refractivity contribution in [1.82, 2.24) is 0 Å². The van der Waals surface area contributed by atoms with Crippen molar-refractivity contribution in [2.75, 3.05) is 6.61 Å². The number of ketones is 1. The lowest BCUT2D eigenvalue weighted by molar-refractivity contribution is -0.139. The number of carbonyl (C=O) groups excluding carboxylic acids is 1. The minimum Gasteiger partial charge on any atom is -0.394 e. The van der Waals surface area contributed by atoms with Crippen molar-refractivity contribution in [2.45, 2.75) is 31.6 Å². The second-order valence-electron chi connectivity index (χ2n) is 2.40. The number of hydrogen-bond donors (Lipinski definition) is 4. The lowest BCUT2D eigenvalue weighted by Crippen LogP contribution is -2.43. The first-order valence-corrected chi connectivity index (χ1v) is 3.51. The fourth-order valence-electron chi connectivity index (χ4n) is 0.657. The van der Waals surface area contributed by atoms with Crippen LogP contribution in [-0.4, -0.2) is 51.1 Å². The average molecular weight is 179 g/mol. The van der Waals surface area contributed by atoms with Gasteiger partial charge in [0.1, 0.15) is 18.3 Å². The Bertz CT molecular complexity index is 163. The summed E-state index contributed by atoms with van der Waals surface area (Å²) in [6.07, 6.45) is -5.14. The van der Waals surface area contributed by atoms with E-state index in [0.717, 1.165) is 0 Å². The number of carbonyl (C=O) groups is 1. The van der Waals surface area contributed by atoms with E-state index in [-0.39, 0.29) is 13.3 Å². The van der Waals surface area contributed by atoms with Crippen LogP contribution >= 0.6 is 0 Å². The van der Waals surface area contributed by atoms with E-state index in [2.05, 4.69) is 0 Å². The molecule has 0 fully saturated rings. The van der Waals surface area contributed by atoms with Gasteiger partial charge in [-0.1, -0.05) is 6.90 Å². The van der Waals surface area contributed by atoms with Gasteiger partial charge in [0.25, 0.3) is 0 Å². The fourth-order valence-corrected chi connectivity index (χ4v) is 0.657. The molecule has 1 unspecified atom stereocenters. The molecule has 0 saturated heterocycles. The summed E-state index contributed by atoms with van der Waals surface area (Å²) >= 11 is 0. The Morgan fingerprint density at radius 1 is 1.50 bits per heavy atom. The highest BCUT2D eigenvalue weighted by molar-refractivity contribution is 5.83. The van der Waals surface area contributed by atoms with Gasteiger partial charge in [-0.25, -0.2) is 0 Å². The molecule has 3 atom stereocenters. The predicted molar refractivity (Wildman–Crippen MR) is 40.4 cm³/mol. The van der Waals surface area contributed by atoms with Crippen LogP contribution in [0.5, 0.6) is 0 Å². The number of rotatable bonds is 5. The number of hydrogen-bond acceptors (Lipinski definition) is 5. The van der Waals surface area contributed by atoms with E-state index in [9.17, 15) is 4.79 Å². The van der Waals surface area contributed by atoms with Crippen molar-refractivity contribution in [3.05, 3.63) is 0 Å². The number of Topliss-reactive ketones (excluding diaryl/α,β-unsaturated/α-hetero) is 1. The van der Waals surface area contributed by atoms with E-state index in [1.807, 2.05) is 0 Å². The van der Waals surface area contributed by atoms with Crippen LogP contribution in [0.15, 0.2) is 0 Å². The fraction of sp³-hybridized carbons (Fsp3) is 0.857. The first-order chi connectivity index (χ1) is 6.04. The Hall–Kier alpha value is -0.490. The maximum Gasteiger partial charge on any atom is 0.163 e. The minimum atomic E-state index is -1.73. The minimum absolute atomic E-state index is 0.183. The molecule has 0 rings (SSSR count). The molecule has 0 aromatic rings. The zero-order valence-corrected chi connectivity index (χ0v) is 6.55. The van der Waals surface area contributed by atoms with Gasteiger partial charge in [-0.2, -0.15) is 0 Å². The van der Waals surface area contributed by atoms with Crippen LogP contribution in [-0.2, 0) is 4.79 Å². The summed E-state index contributed by atoms with van der Waals surface area (Å²) in [6.45, 7) is -0.912. The molecule has 5 heteroatoms. The monoisotopic (exact) mass is 179 g/mol. The summed E-state index contributed by atoms with van der Waals surface area (Å²) < 4.78 is 6.69. The van der Waals surface area contributed by atoms with Gasteiger partial charge in [0.15, 0.2) is 5.78 Å². The Balaban J connectivity index is 4.07. The summed E-state index contributed by atoms with van der Waals surface area (Å²) in [5.41, 5.74) is 0. The molecular weight excluding hydrogens is 164 g/mol. The van der Waals surface area contributed by atoms with Crippen molar-refractivity contribution in [3.63, 3.8) is 0 Å². The van der Waals surface area contributed by atoms with Crippen LogP contribution in [0.4, 0.5) is 0 Å². The van der Waals surface area contributed by atoms with Crippen molar-refractivity contribution in [2.24, 2.45) is 0 Å². The van der Waals surface area contributed by atoms with Crippen molar-refractivity contribution < 1.29 is 26.6 Å². The summed E-state index contributed by atoms with van der Waals surface area (Å²) in [6, 6.07) is 0. The van der Waals surface area contributed by atoms with Crippen LogP contribution in [0, 0.1) is 0 Å². The van der Waals surface area contributed by atoms with Crippen LogP contribution in [0.2, 0.25) is 0 Å². The zero-order valence-electron chi connectivity index (χ0n) is 7.55. The van der Waals surface area contributed by atoms with Gasteiger partial charge in [0.05, 0.1) is 6.61 Å². The topological polar surface area (TPSA) is 98.0 Å². The molecule has 0 bridgehead atoms. The third-order valence-corrected chi connectivity index (χ3v) is 1.48. The third-order valence-electron chi connectivity index (χ3n) is 1.48. The van der Waals surface area contributed by atoms with E-state index in [4.69, 9.17) is 21.8 Å². The van der Waals surface area contributed by atoms with Gasteiger partial charge in [-0.3, -0.25) is 4.79 Å². The molecule has 4 N–H and O–H groups in total. The predicted octanol–water partition coefficient (Wildman–Crippen LogP) is -1.96. The Morgan fingerprint density at radius 3 is 2.50 bits per heavy atom. The highest BCUT2D eigenvalue weighted by Crippen LogP contribution is 2.02. The normalized spacial score (nSPS) is 19.5. The highest BCUT2D eigenvalue weighted by atomic mass is 16.4. The molecule has 0 aromatic carbocycles. The Labute approximate surface area is 71.7 Å². The summed E-state index contributed by atoms with van der Waals surface area (Å²) in [7, 11) is 0. The average Bonchev–Trinajstić information content (AvgIpc) is 2.14. The molecule has 0 spiro atoms. The van der Waals surface area contributed by atoms with Gasteiger partial charge in [0, 0.05) is 7.79 Å². The van der Waals surface area contributed by atoms with Crippen molar-refractivity contribution in [3.8, 4) is 0 Å². The summed E-state index contributed by atoms with van der Waals surface area (Å²) in [5, 5.41) is 35.4. The molecule has 0 heterocycles. The van der Waals surface area contributed by atoms with E-state index in [1.165, 1.54) is 0 Å².